The fraction of sp³-hybridized carbons (Fsp3) is 0.500. The zero-order chi connectivity index (χ0) is 18.8. The molecular formula is C20H26N8. The van der Waals surface area contributed by atoms with Crippen LogP contribution in [0.3, 0.4) is 0 Å². The first kappa shape index (κ1) is 17.4. The van der Waals surface area contributed by atoms with Crippen molar-refractivity contribution in [2.75, 3.05) is 55.6 Å². The zero-order valence-corrected chi connectivity index (χ0v) is 16.0. The van der Waals surface area contributed by atoms with Gasteiger partial charge in [0.05, 0.1) is 11.6 Å². The Labute approximate surface area is 164 Å². The first-order valence-electron chi connectivity index (χ1n) is 10.1. The van der Waals surface area contributed by atoms with Gasteiger partial charge in [0.2, 0.25) is 0 Å². The van der Waals surface area contributed by atoms with Crippen LogP contribution in [0, 0.1) is 5.92 Å². The molecule has 1 atom stereocenters. The Morgan fingerprint density at radius 1 is 1.00 bits per heavy atom. The van der Waals surface area contributed by atoms with Crippen LogP contribution in [-0.4, -0.2) is 75.9 Å². The summed E-state index contributed by atoms with van der Waals surface area (Å²) in [6.07, 6.45) is 7.85. The molecule has 28 heavy (non-hydrogen) atoms. The smallest absolute Gasteiger partial charge is 0.160 e. The molecule has 2 fully saturated rings. The summed E-state index contributed by atoms with van der Waals surface area (Å²) in [5.74, 6) is 2.79. The molecule has 0 aromatic carbocycles. The van der Waals surface area contributed by atoms with E-state index in [1.165, 1.54) is 12.8 Å². The molecule has 5 heterocycles. The second-order valence-corrected chi connectivity index (χ2v) is 7.76. The van der Waals surface area contributed by atoms with E-state index in [1.54, 1.807) is 6.33 Å². The van der Waals surface area contributed by atoms with Crippen LogP contribution in [-0.2, 0) is 0 Å². The van der Waals surface area contributed by atoms with Gasteiger partial charge >= 0.3 is 0 Å². The summed E-state index contributed by atoms with van der Waals surface area (Å²) < 4.78 is 0. The van der Waals surface area contributed by atoms with Crippen molar-refractivity contribution in [3.05, 3.63) is 36.9 Å². The van der Waals surface area contributed by atoms with Gasteiger partial charge in [0.15, 0.2) is 5.65 Å². The molecule has 0 spiro atoms. The average molecular weight is 378 g/mol. The van der Waals surface area contributed by atoms with E-state index in [-0.39, 0.29) is 0 Å². The molecule has 2 aliphatic heterocycles. The SMILES string of the molecule is c1ccc(N2CCN(CC3CCCN(c4ncnc5[nH]ncc45)C3)CC2)nc1. The molecule has 5 rings (SSSR count). The molecular weight excluding hydrogens is 352 g/mol. The van der Waals surface area contributed by atoms with E-state index in [0.717, 1.165) is 68.5 Å². The molecule has 3 aromatic rings. The van der Waals surface area contributed by atoms with Crippen molar-refractivity contribution in [1.29, 1.82) is 0 Å². The van der Waals surface area contributed by atoms with Gasteiger partial charge in [-0.2, -0.15) is 5.10 Å². The number of hydrogen-bond donors (Lipinski definition) is 1. The number of aromatic amines is 1. The van der Waals surface area contributed by atoms with Crippen LogP contribution in [0.2, 0.25) is 0 Å². The van der Waals surface area contributed by atoms with E-state index < -0.39 is 0 Å². The van der Waals surface area contributed by atoms with Gasteiger partial charge in [0.25, 0.3) is 0 Å². The normalized spacial score (nSPS) is 21.4. The summed E-state index contributed by atoms with van der Waals surface area (Å²) in [4.78, 5) is 20.7. The predicted molar refractivity (Wildman–Crippen MR) is 110 cm³/mol. The number of anilines is 2. The van der Waals surface area contributed by atoms with Gasteiger partial charge in [-0.05, 0) is 30.9 Å². The number of pyridine rings is 1. The Morgan fingerprint density at radius 3 is 2.79 bits per heavy atom. The number of aromatic nitrogens is 5. The van der Waals surface area contributed by atoms with E-state index in [2.05, 4.69) is 52.0 Å². The van der Waals surface area contributed by atoms with Crippen molar-refractivity contribution in [3.8, 4) is 0 Å². The van der Waals surface area contributed by atoms with Gasteiger partial charge in [-0.25, -0.2) is 15.0 Å². The summed E-state index contributed by atoms with van der Waals surface area (Å²) >= 11 is 0. The molecule has 0 saturated carbocycles. The lowest BCUT2D eigenvalue weighted by atomic mass is 9.97. The zero-order valence-electron chi connectivity index (χ0n) is 16.0. The Bertz CT molecular complexity index is 903. The van der Waals surface area contributed by atoms with Crippen LogP contribution in [0.25, 0.3) is 11.0 Å². The minimum absolute atomic E-state index is 0.673. The average Bonchev–Trinajstić information content (AvgIpc) is 3.24. The molecule has 0 radical (unpaired) electrons. The number of fused-ring (bicyclic) bond motifs is 1. The van der Waals surface area contributed by atoms with Crippen molar-refractivity contribution >= 4 is 22.7 Å². The third-order valence-corrected chi connectivity index (χ3v) is 5.91. The van der Waals surface area contributed by atoms with Gasteiger partial charge in [-0.15, -0.1) is 0 Å². The third-order valence-electron chi connectivity index (χ3n) is 5.91. The predicted octanol–water partition coefficient (Wildman–Crippen LogP) is 1.79. The molecule has 0 aliphatic carbocycles. The van der Waals surface area contributed by atoms with Crippen LogP contribution in [0.5, 0.6) is 0 Å². The van der Waals surface area contributed by atoms with E-state index in [9.17, 15) is 0 Å². The van der Waals surface area contributed by atoms with Crippen LogP contribution in [0.15, 0.2) is 36.9 Å². The summed E-state index contributed by atoms with van der Waals surface area (Å²) in [6, 6.07) is 6.14. The first-order valence-corrected chi connectivity index (χ1v) is 10.1. The lowest BCUT2D eigenvalue weighted by Gasteiger charge is -2.40. The number of rotatable bonds is 4. The Balaban J connectivity index is 1.19. The van der Waals surface area contributed by atoms with E-state index in [0.29, 0.717) is 5.92 Å². The fourth-order valence-corrected chi connectivity index (χ4v) is 4.48. The first-order chi connectivity index (χ1) is 13.9. The summed E-state index contributed by atoms with van der Waals surface area (Å²) in [7, 11) is 0. The van der Waals surface area contributed by atoms with Crippen molar-refractivity contribution < 1.29 is 0 Å². The molecule has 8 heteroatoms. The van der Waals surface area contributed by atoms with Gasteiger partial charge in [0, 0.05) is 52.0 Å². The van der Waals surface area contributed by atoms with Crippen molar-refractivity contribution in [2.45, 2.75) is 12.8 Å². The van der Waals surface area contributed by atoms with Crippen molar-refractivity contribution in [2.24, 2.45) is 5.92 Å². The van der Waals surface area contributed by atoms with E-state index in [4.69, 9.17) is 0 Å². The highest BCUT2D eigenvalue weighted by molar-refractivity contribution is 5.86. The Kier molecular flexibility index (Phi) is 4.78. The van der Waals surface area contributed by atoms with Gasteiger partial charge < -0.3 is 9.80 Å². The highest BCUT2D eigenvalue weighted by atomic mass is 15.3. The lowest BCUT2D eigenvalue weighted by Crippen LogP contribution is -2.50. The highest BCUT2D eigenvalue weighted by Crippen LogP contribution is 2.27. The Morgan fingerprint density at radius 2 is 1.93 bits per heavy atom. The maximum Gasteiger partial charge on any atom is 0.160 e. The summed E-state index contributed by atoms with van der Waals surface area (Å²) in [5, 5.41) is 8.10. The van der Waals surface area contributed by atoms with Gasteiger partial charge in [0.1, 0.15) is 18.0 Å². The molecule has 2 aliphatic rings. The molecule has 2 saturated heterocycles. The Hall–Kier alpha value is -2.74. The standard InChI is InChI=1S/C20H26N8/c1-2-6-21-18(5-1)27-10-8-26(9-11-27)13-16-4-3-7-28(14-16)20-17-12-24-25-19(17)22-15-23-20/h1-2,5-6,12,15-16H,3-4,7-11,13-14H2,(H,22,23,24,25). The monoisotopic (exact) mass is 378 g/mol. The second-order valence-electron chi connectivity index (χ2n) is 7.76. The number of nitrogens with zero attached hydrogens (tertiary/aromatic N) is 7. The third kappa shape index (κ3) is 3.52. The molecule has 0 amide bonds. The largest absolute Gasteiger partial charge is 0.356 e. The van der Waals surface area contributed by atoms with Crippen molar-refractivity contribution in [1.82, 2.24) is 30.0 Å². The van der Waals surface area contributed by atoms with Gasteiger partial charge in [-0.1, -0.05) is 6.07 Å². The van der Waals surface area contributed by atoms with Crippen LogP contribution >= 0.6 is 0 Å². The van der Waals surface area contributed by atoms with Crippen LogP contribution in [0.4, 0.5) is 11.6 Å². The van der Waals surface area contributed by atoms with Crippen molar-refractivity contribution in [3.63, 3.8) is 0 Å². The highest BCUT2D eigenvalue weighted by Gasteiger charge is 2.26. The number of piperidine rings is 1. The molecule has 0 bridgehead atoms. The molecule has 8 nitrogen and oxygen atoms in total. The minimum atomic E-state index is 0.673. The van der Waals surface area contributed by atoms with Crippen LogP contribution < -0.4 is 9.80 Å². The molecule has 1 N–H and O–H groups in total. The van der Waals surface area contributed by atoms with E-state index in [1.807, 2.05) is 18.5 Å². The van der Waals surface area contributed by atoms with Crippen LogP contribution in [0.1, 0.15) is 12.8 Å². The fourth-order valence-electron chi connectivity index (χ4n) is 4.48. The van der Waals surface area contributed by atoms with E-state index >= 15 is 0 Å². The number of piperazine rings is 1. The topological polar surface area (TPSA) is 77.1 Å². The second kappa shape index (κ2) is 7.71. The molecule has 146 valence electrons. The van der Waals surface area contributed by atoms with Gasteiger partial charge in [-0.3, -0.25) is 10.00 Å². The molecule has 3 aromatic heterocycles. The maximum absolute atomic E-state index is 4.56. The number of nitrogens with one attached hydrogen (secondary N) is 1. The minimum Gasteiger partial charge on any atom is -0.356 e. The summed E-state index contributed by atoms with van der Waals surface area (Å²) in [6.45, 7) is 7.58. The summed E-state index contributed by atoms with van der Waals surface area (Å²) in [5.41, 5.74) is 0.817. The lowest BCUT2D eigenvalue weighted by molar-refractivity contribution is 0.205. The number of hydrogen-bond acceptors (Lipinski definition) is 7. The molecule has 1 unspecified atom stereocenters. The quantitative estimate of drug-likeness (QED) is 0.742. The number of H-pyrrole nitrogens is 1. The maximum atomic E-state index is 4.56.